The van der Waals surface area contributed by atoms with Crippen molar-refractivity contribution in [3.63, 3.8) is 0 Å². The number of hydrogen-bond donors (Lipinski definition) is 0. The minimum atomic E-state index is 0.280. The minimum Gasteiger partial charge on any atom is -0.496 e. The average Bonchev–Trinajstić information content (AvgIpc) is 2.82. The smallest absolute Gasteiger partial charge is 0.137 e. The molecule has 0 bridgehead atoms. The first kappa shape index (κ1) is 13.6. The number of hydrogen-bond acceptors (Lipinski definition) is 3. The molecular weight excluding hydrogens is 296 g/mol. The van der Waals surface area contributed by atoms with Gasteiger partial charge >= 0.3 is 0 Å². The van der Waals surface area contributed by atoms with Crippen LogP contribution in [0.5, 0.6) is 5.75 Å². The van der Waals surface area contributed by atoms with Crippen LogP contribution in [0.1, 0.15) is 18.4 Å². The molecule has 0 aromatic heterocycles. The highest BCUT2D eigenvalue weighted by atomic mass is 79.9. The lowest BCUT2D eigenvalue weighted by Gasteiger charge is -2.08. The van der Waals surface area contributed by atoms with E-state index in [1.54, 1.807) is 7.11 Å². The van der Waals surface area contributed by atoms with Crippen LogP contribution < -0.4 is 4.74 Å². The van der Waals surface area contributed by atoms with Crippen LogP contribution in [0, 0.1) is 5.92 Å². The van der Waals surface area contributed by atoms with E-state index >= 15 is 0 Å². The molecule has 0 aliphatic carbocycles. The normalized spacial score (nSPS) is 18.9. The average molecular weight is 313 g/mol. The summed E-state index contributed by atoms with van der Waals surface area (Å²) in [5.41, 5.74) is 1.02. The maximum atomic E-state index is 11.9. The fourth-order valence-electron chi connectivity index (χ4n) is 2.19. The van der Waals surface area contributed by atoms with E-state index in [9.17, 15) is 4.79 Å². The zero-order chi connectivity index (χ0) is 13.0. The first-order valence-electron chi connectivity index (χ1n) is 6.11. The number of carbonyl (C=O) groups excluding carboxylic acids is 1. The van der Waals surface area contributed by atoms with Gasteiger partial charge in [0.1, 0.15) is 11.5 Å². The monoisotopic (exact) mass is 312 g/mol. The molecule has 1 unspecified atom stereocenters. The third kappa shape index (κ3) is 3.56. The SMILES string of the molecule is COc1ccc(CC(=O)CC2CCOC2)cc1Br. The van der Waals surface area contributed by atoms with Crippen LogP contribution in [0.4, 0.5) is 0 Å². The molecule has 18 heavy (non-hydrogen) atoms. The molecule has 1 aliphatic rings. The molecular formula is C14H17BrO3. The van der Waals surface area contributed by atoms with E-state index < -0.39 is 0 Å². The van der Waals surface area contributed by atoms with Gasteiger partial charge in [-0.1, -0.05) is 6.07 Å². The summed E-state index contributed by atoms with van der Waals surface area (Å²) in [5, 5.41) is 0. The molecule has 1 fully saturated rings. The van der Waals surface area contributed by atoms with Gasteiger partial charge in [-0.25, -0.2) is 0 Å². The van der Waals surface area contributed by atoms with Crippen molar-refractivity contribution in [1.82, 2.24) is 0 Å². The van der Waals surface area contributed by atoms with E-state index in [0.29, 0.717) is 18.8 Å². The van der Waals surface area contributed by atoms with Gasteiger partial charge < -0.3 is 9.47 Å². The number of halogens is 1. The van der Waals surface area contributed by atoms with Crippen molar-refractivity contribution in [2.75, 3.05) is 20.3 Å². The largest absolute Gasteiger partial charge is 0.496 e. The van der Waals surface area contributed by atoms with Crippen molar-refractivity contribution in [2.24, 2.45) is 5.92 Å². The van der Waals surface area contributed by atoms with Gasteiger partial charge in [0.15, 0.2) is 0 Å². The standard InChI is InChI=1S/C14H17BrO3/c1-17-14-3-2-10(8-13(14)15)6-12(16)7-11-4-5-18-9-11/h2-3,8,11H,4-7,9H2,1H3. The molecule has 0 spiro atoms. The molecule has 0 amide bonds. The van der Waals surface area contributed by atoms with Crippen molar-refractivity contribution < 1.29 is 14.3 Å². The Morgan fingerprint density at radius 2 is 2.39 bits per heavy atom. The molecule has 4 heteroatoms. The van der Waals surface area contributed by atoms with Crippen molar-refractivity contribution >= 4 is 21.7 Å². The zero-order valence-corrected chi connectivity index (χ0v) is 12.0. The number of Topliss-reactive ketones (excluding diaryl/α,β-unsaturated/α-hetero) is 1. The van der Waals surface area contributed by atoms with Gasteiger partial charge in [0.25, 0.3) is 0 Å². The van der Waals surface area contributed by atoms with Gasteiger partial charge in [-0.15, -0.1) is 0 Å². The zero-order valence-electron chi connectivity index (χ0n) is 10.4. The second kappa shape index (κ2) is 6.34. The van der Waals surface area contributed by atoms with Gasteiger partial charge in [0.05, 0.1) is 11.6 Å². The lowest BCUT2D eigenvalue weighted by molar-refractivity contribution is -0.119. The Hall–Kier alpha value is -0.870. The van der Waals surface area contributed by atoms with Crippen LogP contribution in [-0.4, -0.2) is 26.1 Å². The molecule has 98 valence electrons. The molecule has 1 aromatic rings. The van der Waals surface area contributed by atoms with Crippen molar-refractivity contribution in [3.8, 4) is 5.75 Å². The van der Waals surface area contributed by atoms with Crippen LogP contribution in [-0.2, 0) is 16.0 Å². The highest BCUT2D eigenvalue weighted by Crippen LogP contribution is 2.26. The Balaban J connectivity index is 1.92. The Labute approximate surface area is 116 Å². The number of rotatable bonds is 5. The molecule has 0 radical (unpaired) electrons. The van der Waals surface area contributed by atoms with Gasteiger partial charge in [-0.05, 0) is 46.0 Å². The van der Waals surface area contributed by atoms with Gasteiger partial charge in [-0.2, -0.15) is 0 Å². The maximum absolute atomic E-state index is 11.9. The number of ether oxygens (including phenoxy) is 2. The highest BCUT2D eigenvalue weighted by molar-refractivity contribution is 9.10. The molecule has 1 aromatic carbocycles. The molecule has 3 nitrogen and oxygen atoms in total. The number of methoxy groups -OCH3 is 1. The van der Waals surface area contributed by atoms with Crippen molar-refractivity contribution in [3.05, 3.63) is 28.2 Å². The summed E-state index contributed by atoms with van der Waals surface area (Å²) < 4.78 is 11.3. The van der Waals surface area contributed by atoms with Crippen molar-refractivity contribution in [2.45, 2.75) is 19.3 Å². The van der Waals surface area contributed by atoms with E-state index in [2.05, 4.69) is 15.9 Å². The number of benzene rings is 1. The third-order valence-electron chi connectivity index (χ3n) is 3.16. The van der Waals surface area contributed by atoms with Crippen LogP contribution in [0.25, 0.3) is 0 Å². The first-order chi connectivity index (χ1) is 8.69. The molecule has 1 saturated heterocycles. The first-order valence-corrected chi connectivity index (χ1v) is 6.90. The van der Waals surface area contributed by atoms with Gasteiger partial charge in [0, 0.05) is 26.1 Å². The lowest BCUT2D eigenvalue weighted by atomic mass is 9.98. The Bertz CT molecular complexity index is 425. The van der Waals surface area contributed by atoms with E-state index in [1.165, 1.54) is 0 Å². The van der Waals surface area contributed by atoms with Crippen molar-refractivity contribution in [1.29, 1.82) is 0 Å². The highest BCUT2D eigenvalue weighted by Gasteiger charge is 2.19. The minimum absolute atomic E-state index is 0.280. The predicted molar refractivity (Wildman–Crippen MR) is 72.9 cm³/mol. The Morgan fingerprint density at radius 3 is 3.00 bits per heavy atom. The summed E-state index contributed by atoms with van der Waals surface area (Å²) in [4.78, 5) is 11.9. The maximum Gasteiger partial charge on any atom is 0.137 e. The Morgan fingerprint density at radius 1 is 1.56 bits per heavy atom. The second-order valence-corrected chi connectivity index (χ2v) is 5.47. The van der Waals surface area contributed by atoms with E-state index in [-0.39, 0.29) is 5.78 Å². The van der Waals surface area contributed by atoms with E-state index in [0.717, 1.165) is 35.4 Å². The summed E-state index contributed by atoms with van der Waals surface area (Å²) in [6.07, 6.45) is 2.13. The quantitative estimate of drug-likeness (QED) is 0.838. The summed E-state index contributed by atoms with van der Waals surface area (Å²) >= 11 is 3.43. The van der Waals surface area contributed by atoms with Gasteiger partial charge in [0.2, 0.25) is 0 Å². The summed E-state index contributed by atoms with van der Waals surface area (Å²) in [6.45, 7) is 1.53. The van der Waals surface area contributed by atoms with Crippen LogP contribution in [0.3, 0.4) is 0 Å². The van der Waals surface area contributed by atoms with E-state index in [4.69, 9.17) is 9.47 Å². The Kier molecular flexibility index (Phi) is 4.78. The second-order valence-electron chi connectivity index (χ2n) is 4.62. The summed E-state index contributed by atoms with van der Waals surface area (Å²) in [7, 11) is 1.63. The lowest BCUT2D eigenvalue weighted by Crippen LogP contribution is -2.10. The topological polar surface area (TPSA) is 35.5 Å². The van der Waals surface area contributed by atoms with Gasteiger partial charge in [-0.3, -0.25) is 4.79 Å². The third-order valence-corrected chi connectivity index (χ3v) is 3.78. The fraction of sp³-hybridized carbons (Fsp3) is 0.500. The molecule has 2 rings (SSSR count). The molecule has 1 atom stereocenters. The van der Waals surface area contributed by atoms with Crippen LogP contribution in [0.15, 0.2) is 22.7 Å². The molecule has 0 N–H and O–H groups in total. The molecule has 1 aliphatic heterocycles. The fourth-order valence-corrected chi connectivity index (χ4v) is 2.77. The summed E-state index contributed by atoms with van der Waals surface area (Å²) in [5.74, 6) is 1.48. The van der Waals surface area contributed by atoms with Crippen LogP contribution >= 0.6 is 15.9 Å². The predicted octanol–water partition coefficient (Wildman–Crippen LogP) is 3.00. The molecule has 0 saturated carbocycles. The van der Waals surface area contributed by atoms with E-state index in [1.807, 2.05) is 18.2 Å². The molecule has 1 heterocycles. The van der Waals surface area contributed by atoms with Crippen LogP contribution in [0.2, 0.25) is 0 Å². The number of ketones is 1. The summed E-state index contributed by atoms with van der Waals surface area (Å²) in [6, 6.07) is 5.76. The number of carbonyl (C=O) groups is 1.